The van der Waals surface area contributed by atoms with Gasteiger partial charge in [-0.2, -0.15) is 12.8 Å². The summed E-state index contributed by atoms with van der Waals surface area (Å²) < 4.78 is 12.0. The SMILES string of the molecule is Oc1ccc(F)cc1.[CH-]1CCCC1.[Ti]. The first-order chi connectivity index (χ1) is 6.29. The molecule has 1 fully saturated rings. The minimum absolute atomic E-state index is 0. The van der Waals surface area contributed by atoms with Crippen LogP contribution in [0.4, 0.5) is 4.39 Å². The molecule has 0 saturated heterocycles. The molecule has 0 bridgehead atoms. The Labute approximate surface area is 99.2 Å². The van der Waals surface area contributed by atoms with Crippen LogP contribution in [0.3, 0.4) is 0 Å². The molecule has 0 unspecified atom stereocenters. The van der Waals surface area contributed by atoms with Gasteiger partial charge in [0.2, 0.25) is 0 Å². The fraction of sp³-hybridized carbons (Fsp3) is 0.364. The van der Waals surface area contributed by atoms with Crippen LogP contribution in [-0.4, -0.2) is 5.11 Å². The first kappa shape index (κ1) is 13.7. The molecular weight excluding hydrogens is 215 g/mol. The van der Waals surface area contributed by atoms with Crippen molar-refractivity contribution in [2.45, 2.75) is 25.7 Å². The van der Waals surface area contributed by atoms with E-state index < -0.39 is 0 Å². The molecule has 3 heteroatoms. The van der Waals surface area contributed by atoms with E-state index in [0.717, 1.165) is 0 Å². The molecule has 1 aromatic rings. The van der Waals surface area contributed by atoms with Gasteiger partial charge in [-0.1, -0.05) is 12.8 Å². The van der Waals surface area contributed by atoms with Crippen molar-refractivity contribution < 1.29 is 31.2 Å². The zero-order chi connectivity index (χ0) is 9.52. The summed E-state index contributed by atoms with van der Waals surface area (Å²) in [5, 5.41) is 8.59. The van der Waals surface area contributed by atoms with Crippen LogP contribution in [-0.2, 0) is 21.7 Å². The van der Waals surface area contributed by atoms with Gasteiger partial charge in [0.15, 0.2) is 0 Å². The molecule has 0 spiro atoms. The molecule has 2 rings (SSSR count). The molecule has 1 aliphatic carbocycles. The molecule has 1 aliphatic rings. The number of hydrogen-bond donors (Lipinski definition) is 1. The predicted molar refractivity (Wildman–Crippen MR) is 50.8 cm³/mol. The number of hydrogen-bond acceptors (Lipinski definition) is 1. The van der Waals surface area contributed by atoms with Crippen LogP contribution in [0, 0.1) is 12.2 Å². The molecule has 14 heavy (non-hydrogen) atoms. The van der Waals surface area contributed by atoms with Gasteiger partial charge in [-0.3, -0.25) is 0 Å². The largest absolute Gasteiger partial charge is 0.508 e. The quantitative estimate of drug-likeness (QED) is 0.534. The number of aromatic hydroxyl groups is 1. The van der Waals surface area contributed by atoms with E-state index in [0.29, 0.717) is 0 Å². The number of halogens is 1. The summed E-state index contributed by atoms with van der Waals surface area (Å²) in [6, 6.07) is 5.01. The molecule has 1 aromatic carbocycles. The maximum absolute atomic E-state index is 12.0. The van der Waals surface area contributed by atoms with E-state index in [2.05, 4.69) is 6.42 Å². The average Bonchev–Trinajstić information content (AvgIpc) is 2.68. The molecular formula is C11H14FOTi-. The smallest absolute Gasteiger partial charge is 0.123 e. The minimum atomic E-state index is -0.331. The molecule has 76 valence electrons. The summed E-state index contributed by atoms with van der Waals surface area (Å²) in [6.07, 6.45) is 8.00. The summed E-state index contributed by atoms with van der Waals surface area (Å²) in [6.45, 7) is 0. The van der Waals surface area contributed by atoms with Crippen molar-refractivity contribution in [1.29, 1.82) is 0 Å². The van der Waals surface area contributed by atoms with E-state index in [1.54, 1.807) is 0 Å². The summed E-state index contributed by atoms with van der Waals surface area (Å²) >= 11 is 0. The van der Waals surface area contributed by atoms with E-state index >= 15 is 0 Å². The zero-order valence-corrected chi connectivity index (χ0v) is 9.60. The molecule has 0 aromatic heterocycles. The van der Waals surface area contributed by atoms with E-state index in [9.17, 15) is 4.39 Å². The third-order valence-electron chi connectivity index (χ3n) is 1.89. The third-order valence-corrected chi connectivity index (χ3v) is 1.89. The topological polar surface area (TPSA) is 20.2 Å². The van der Waals surface area contributed by atoms with E-state index in [4.69, 9.17) is 5.11 Å². The number of benzene rings is 1. The van der Waals surface area contributed by atoms with Crippen molar-refractivity contribution in [3.05, 3.63) is 36.5 Å². The Morgan fingerprint density at radius 3 is 1.86 bits per heavy atom. The average molecular weight is 229 g/mol. The molecule has 1 nitrogen and oxygen atoms in total. The summed E-state index contributed by atoms with van der Waals surface area (Å²) in [7, 11) is 0. The summed E-state index contributed by atoms with van der Waals surface area (Å²) in [5.74, 6) is -0.241. The van der Waals surface area contributed by atoms with Crippen molar-refractivity contribution in [2.24, 2.45) is 0 Å². The van der Waals surface area contributed by atoms with Crippen LogP contribution in [0.25, 0.3) is 0 Å². The summed E-state index contributed by atoms with van der Waals surface area (Å²) in [5.41, 5.74) is 0. The van der Waals surface area contributed by atoms with Gasteiger partial charge in [0.05, 0.1) is 0 Å². The Hall–Kier alpha value is -0.336. The molecule has 0 aliphatic heterocycles. The Morgan fingerprint density at radius 1 is 1.07 bits per heavy atom. The van der Waals surface area contributed by atoms with Crippen LogP contribution >= 0.6 is 0 Å². The normalized spacial score (nSPS) is 13.8. The van der Waals surface area contributed by atoms with Gasteiger partial charge in [0, 0.05) is 21.7 Å². The fourth-order valence-corrected chi connectivity index (χ4v) is 1.16. The van der Waals surface area contributed by atoms with Crippen LogP contribution in [0.2, 0.25) is 0 Å². The Bertz CT molecular complexity index is 203. The Kier molecular flexibility index (Phi) is 7.82. The van der Waals surface area contributed by atoms with Gasteiger partial charge < -0.3 is 11.5 Å². The van der Waals surface area contributed by atoms with Gasteiger partial charge >= 0.3 is 0 Å². The second-order valence-corrected chi connectivity index (χ2v) is 3.05. The third kappa shape index (κ3) is 6.17. The summed E-state index contributed by atoms with van der Waals surface area (Å²) in [4.78, 5) is 0. The van der Waals surface area contributed by atoms with Crippen LogP contribution < -0.4 is 0 Å². The predicted octanol–water partition coefficient (Wildman–Crippen LogP) is 3.29. The van der Waals surface area contributed by atoms with Gasteiger partial charge in [-0.05, 0) is 24.3 Å². The molecule has 0 heterocycles. The van der Waals surface area contributed by atoms with Gasteiger partial charge in [0.1, 0.15) is 11.6 Å². The maximum Gasteiger partial charge on any atom is 0.123 e. The monoisotopic (exact) mass is 229 g/mol. The van der Waals surface area contributed by atoms with Crippen LogP contribution in [0.15, 0.2) is 24.3 Å². The Balaban J connectivity index is 0.000000246. The van der Waals surface area contributed by atoms with E-state index in [1.165, 1.54) is 49.9 Å². The maximum atomic E-state index is 12.0. The second kappa shape index (κ2) is 8.01. The second-order valence-electron chi connectivity index (χ2n) is 3.05. The van der Waals surface area contributed by atoms with Crippen LogP contribution in [0.5, 0.6) is 5.75 Å². The Morgan fingerprint density at radius 2 is 1.57 bits per heavy atom. The minimum Gasteiger partial charge on any atom is -0.508 e. The van der Waals surface area contributed by atoms with Crippen molar-refractivity contribution >= 4 is 0 Å². The van der Waals surface area contributed by atoms with Gasteiger partial charge in [-0.15, -0.1) is 0 Å². The molecule has 0 amide bonds. The first-order valence-electron chi connectivity index (χ1n) is 4.55. The number of phenolic OH excluding ortho intramolecular Hbond substituents is 1. The molecule has 1 saturated carbocycles. The van der Waals surface area contributed by atoms with Gasteiger partial charge in [0.25, 0.3) is 0 Å². The van der Waals surface area contributed by atoms with Crippen molar-refractivity contribution in [3.8, 4) is 5.75 Å². The molecule has 0 radical (unpaired) electrons. The molecule has 1 N–H and O–H groups in total. The molecule has 0 atom stereocenters. The van der Waals surface area contributed by atoms with Crippen molar-refractivity contribution in [1.82, 2.24) is 0 Å². The number of phenols is 1. The van der Waals surface area contributed by atoms with E-state index in [-0.39, 0.29) is 33.3 Å². The van der Waals surface area contributed by atoms with Gasteiger partial charge in [-0.25, -0.2) is 4.39 Å². The first-order valence-corrected chi connectivity index (χ1v) is 4.55. The van der Waals surface area contributed by atoms with Crippen LogP contribution in [0.1, 0.15) is 25.7 Å². The standard InChI is InChI=1S/C6H5FO.C5H9.Ti/c7-5-1-3-6(8)4-2-5;1-2-4-5-3-1;/h1-4,8H;1H,2-5H2;/q;-1;. The van der Waals surface area contributed by atoms with Crippen molar-refractivity contribution in [3.63, 3.8) is 0 Å². The van der Waals surface area contributed by atoms with Crippen molar-refractivity contribution in [2.75, 3.05) is 0 Å². The number of rotatable bonds is 0. The zero-order valence-electron chi connectivity index (χ0n) is 8.04. The fourth-order valence-electron chi connectivity index (χ4n) is 1.16. The van der Waals surface area contributed by atoms with E-state index in [1.807, 2.05) is 0 Å².